The van der Waals surface area contributed by atoms with E-state index in [0.717, 1.165) is 11.3 Å². The zero-order valence-corrected chi connectivity index (χ0v) is 10.4. The van der Waals surface area contributed by atoms with E-state index in [1.165, 1.54) is 12.1 Å². The third kappa shape index (κ3) is 2.99. The number of hydrogen-bond acceptors (Lipinski definition) is 3. The maximum atomic E-state index is 10.9. The van der Waals surface area contributed by atoms with Crippen LogP contribution in [0.3, 0.4) is 0 Å². The molecule has 1 aromatic heterocycles. The van der Waals surface area contributed by atoms with Crippen LogP contribution < -0.4 is 5.32 Å². The smallest absolute Gasteiger partial charge is 0.335 e. The van der Waals surface area contributed by atoms with Crippen molar-refractivity contribution in [2.24, 2.45) is 0 Å². The monoisotopic (exact) mass is 262 g/mol. The van der Waals surface area contributed by atoms with Crippen molar-refractivity contribution in [2.75, 3.05) is 5.32 Å². The van der Waals surface area contributed by atoms with Crippen LogP contribution in [-0.2, 0) is 0 Å². The van der Waals surface area contributed by atoms with E-state index < -0.39 is 5.97 Å². The molecule has 0 saturated carbocycles. The van der Waals surface area contributed by atoms with E-state index in [-0.39, 0.29) is 10.7 Å². The molecule has 0 radical (unpaired) electrons. The maximum absolute atomic E-state index is 10.9. The highest BCUT2D eigenvalue weighted by Gasteiger charge is 2.07. The molecule has 4 nitrogen and oxygen atoms in total. The minimum Gasteiger partial charge on any atom is -0.478 e. The van der Waals surface area contributed by atoms with Gasteiger partial charge in [0.25, 0.3) is 0 Å². The molecule has 0 saturated heterocycles. The van der Waals surface area contributed by atoms with Gasteiger partial charge in [0.05, 0.1) is 5.56 Å². The standard InChI is InChI=1S/C13H11ClN2O2/c1-8-3-2-4-10(5-8)15-12-7-9(13(17)18)6-11(14)16-12/h2-7H,1H3,(H,15,16)(H,17,18). The fraction of sp³-hybridized carbons (Fsp3) is 0.0769. The summed E-state index contributed by atoms with van der Waals surface area (Å²) in [5.41, 5.74) is 2.03. The molecule has 1 aromatic carbocycles. The van der Waals surface area contributed by atoms with Crippen LogP contribution in [0.1, 0.15) is 15.9 Å². The number of nitrogens with one attached hydrogen (secondary N) is 1. The summed E-state index contributed by atoms with van der Waals surface area (Å²) in [5, 5.41) is 12.1. The van der Waals surface area contributed by atoms with Gasteiger partial charge in [0, 0.05) is 5.69 Å². The second-order valence-electron chi connectivity index (χ2n) is 3.86. The largest absolute Gasteiger partial charge is 0.478 e. The molecular weight excluding hydrogens is 252 g/mol. The predicted octanol–water partition coefficient (Wildman–Crippen LogP) is 3.49. The third-order valence-electron chi connectivity index (χ3n) is 2.33. The lowest BCUT2D eigenvalue weighted by Gasteiger charge is -2.07. The lowest BCUT2D eigenvalue weighted by molar-refractivity contribution is 0.0697. The Morgan fingerprint density at radius 2 is 2.11 bits per heavy atom. The summed E-state index contributed by atoms with van der Waals surface area (Å²) < 4.78 is 0. The number of hydrogen-bond donors (Lipinski definition) is 2. The van der Waals surface area contributed by atoms with Crippen molar-refractivity contribution in [3.8, 4) is 0 Å². The summed E-state index contributed by atoms with van der Waals surface area (Å²) in [7, 11) is 0. The van der Waals surface area contributed by atoms with E-state index in [0.29, 0.717) is 5.82 Å². The van der Waals surface area contributed by atoms with Crippen LogP contribution in [0, 0.1) is 6.92 Å². The van der Waals surface area contributed by atoms with Gasteiger partial charge >= 0.3 is 5.97 Å². The Morgan fingerprint density at radius 3 is 2.78 bits per heavy atom. The molecule has 0 aliphatic heterocycles. The molecule has 0 amide bonds. The molecule has 2 aromatic rings. The Morgan fingerprint density at radius 1 is 1.33 bits per heavy atom. The van der Waals surface area contributed by atoms with E-state index in [9.17, 15) is 4.79 Å². The Kier molecular flexibility index (Phi) is 3.48. The summed E-state index contributed by atoms with van der Waals surface area (Å²) in [5.74, 6) is -0.628. The average Bonchev–Trinajstić information content (AvgIpc) is 2.28. The summed E-state index contributed by atoms with van der Waals surface area (Å²) in [4.78, 5) is 14.9. The van der Waals surface area contributed by atoms with E-state index in [4.69, 9.17) is 16.7 Å². The molecule has 0 bridgehead atoms. The van der Waals surface area contributed by atoms with Crippen LogP contribution in [0.15, 0.2) is 36.4 Å². The molecule has 5 heteroatoms. The first-order valence-corrected chi connectivity index (χ1v) is 5.67. The van der Waals surface area contributed by atoms with Gasteiger partial charge in [-0.3, -0.25) is 0 Å². The molecule has 2 N–H and O–H groups in total. The minimum absolute atomic E-state index is 0.102. The van der Waals surface area contributed by atoms with E-state index in [2.05, 4.69) is 10.3 Å². The highest BCUT2D eigenvalue weighted by molar-refractivity contribution is 6.29. The summed E-state index contributed by atoms with van der Waals surface area (Å²) in [6.45, 7) is 1.97. The van der Waals surface area contributed by atoms with Crippen LogP contribution in [0.2, 0.25) is 5.15 Å². The Labute approximate surface area is 109 Å². The van der Waals surface area contributed by atoms with Gasteiger partial charge in [-0.25, -0.2) is 9.78 Å². The Bertz CT molecular complexity index is 599. The molecule has 0 unspecified atom stereocenters. The van der Waals surface area contributed by atoms with Crippen molar-refractivity contribution in [1.29, 1.82) is 0 Å². The molecular formula is C13H11ClN2O2. The van der Waals surface area contributed by atoms with Crippen molar-refractivity contribution in [3.63, 3.8) is 0 Å². The molecule has 0 aliphatic rings. The Balaban J connectivity index is 2.31. The summed E-state index contributed by atoms with van der Waals surface area (Å²) >= 11 is 5.78. The van der Waals surface area contributed by atoms with Crippen LogP contribution in [-0.4, -0.2) is 16.1 Å². The van der Waals surface area contributed by atoms with Crippen LogP contribution in [0.5, 0.6) is 0 Å². The summed E-state index contributed by atoms with van der Waals surface area (Å²) in [6.07, 6.45) is 0. The number of aryl methyl sites for hydroxylation is 1. The van der Waals surface area contributed by atoms with Gasteiger partial charge in [-0.15, -0.1) is 0 Å². The molecule has 0 atom stereocenters. The lowest BCUT2D eigenvalue weighted by atomic mass is 10.2. The van der Waals surface area contributed by atoms with Crippen molar-refractivity contribution in [3.05, 3.63) is 52.7 Å². The van der Waals surface area contributed by atoms with E-state index >= 15 is 0 Å². The number of pyridine rings is 1. The fourth-order valence-corrected chi connectivity index (χ4v) is 1.76. The number of rotatable bonds is 3. The number of carbonyl (C=O) groups is 1. The lowest BCUT2D eigenvalue weighted by Crippen LogP contribution is -2.00. The number of carboxylic acids is 1. The van der Waals surface area contributed by atoms with Crippen molar-refractivity contribution in [2.45, 2.75) is 6.92 Å². The molecule has 92 valence electrons. The van der Waals surface area contributed by atoms with Gasteiger partial charge in [0.2, 0.25) is 0 Å². The molecule has 0 aliphatic carbocycles. The van der Waals surface area contributed by atoms with Gasteiger partial charge in [0.15, 0.2) is 0 Å². The zero-order chi connectivity index (χ0) is 13.1. The second kappa shape index (κ2) is 5.06. The Hall–Kier alpha value is -2.07. The maximum Gasteiger partial charge on any atom is 0.335 e. The first kappa shape index (κ1) is 12.4. The predicted molar refractivity (Wildman–Crippen MR) is 70.7 cm³/mol. The molecule has 2 rings (SSSR count). The minimum atomic E-state index is -1.04. The highest BCUT2D eigenvalue weighted by Crippen LogP contribution is 2.19. The van der Waals surface area contributed by atoms with Gasteiger partial charge < -0.3 is 10.4 Å². The average molecular weight is 263 g/mol. The van der Waals surface area contributed by atoms with Crippen LogP contribution >= 0.6 is 11.6 Å². The van der Waals surface area contributed by atoms with E-state index in [1.807, 2.05) is 31.2 Å². The topological polar surface area (TPSA) is 62.2 Å². The normalized spacial score (nSPS) is 10.1. The SMILES string of the molecule is Cc1cccc(Nc2cc(C(=O)O)cc(Cl)n2)c1. The summed E-state index contributed by atoms with van der Waals surface area (Å²) in [6, 6.07) is 10.4. The number of carboxylic acid groups (broad SMARTS) is 1. The molecule has 18 heavy (non-hydrogen) atoms. The van der Waals surface area contributed by atoms with E-state index in [1.54, 1.807) is 0 Å². The van der Waals surface area contributed by atoms with Crippen LogP contribution in [0.25, 0.3) is 0 Å². The fourth-order valence-electron chi connectivity index (χ4n) is 1.56. The first-order chi connectivity index (χ1) is 8.54. The van der Waals surface area contributed by atoms with Gasteiger partial charge in [-0.2, -0.15) is 0 Å². The van der Waals surface area contributed by atoms with Crippen LogP contribution in [0.4, 0.5) is 11.5 Å². The van der Waals surface area contributed by atoms with Gasteiger partial charge in [-0.05, 0) is 36.8 Å². The number of aromatic carboxylic acids is 1. The second-order valence-corrected chi connectivity index (χ2v) is 4.25. The number of anilines is 2. The quantitative estimate of drug-likeness (QED) is 0.831. The van der Waals surface area contributed by atoms with Gasteiger partial charge in [-0.1, -0.05) is 23.7 Å². The number of benzene rings is 1. The first-order valence-electron chi connectivity index (χ1n) is 5.29. The van der Waals surface area contributed by atoms with Gasteiger partial charge in [0.1, 0.15) is 11.0 Å². The van der Waals surface area contributed by atoms with Crippen molar-refractivity contribution < 1.29 is 9.90 Å². The van der Waals surface area contributed by atoms with Crippen molar-refractivity contribution >= 4 is 29.1 Å². The highest BCUT2D eigenvalue weighted by atomic mass is 35.5. The molecule has 0 fully saturated rings. The van der Waals surface area contributed by atoms with Crippen molar-refractivity contribution in [1.82, 2.24) is 4.98 Å². The third-order valence-corrected chi connectivity index (χ3v) is 2.53. The zero-order valence-electron chi connectivity index (χ0n) is 9.64. The number of nitrogens with zero attached hydrogens (tertiary/aromatic N) is 1. The number of aromatic nitrogens is 1. The number of halogens is 1. The molecule has 1 heterocycles. The molecule has 0 spiro atoms.